The van der Waals surface area contributed by atoms with Crippen LogP contribution < -0.4 is 5.32 Å². The van der Waals surface area contributed by atoms with Crippen molar-refractivity contribution in [1.29, 1.82) is 0 Å². The number of amides is 1. The summed E-state index contributed by atoms with van der Waals surface area (Å²) in [4.78, 5) is 24.8. The van der Waals surface area contributed by atoms with Gasteiger partial charge in [-0.15, -0.1) is 0 Å². The molecule has 1 amide bonds. The first kappa shape index (κ1) is 22.4. The van der Waals surface area contributed by atoms with E-state index in [1.54, 1.807) is 13.0 Å². The second-order valence-electron chi connectivity index (χ2n) is 7.87. The van der Waals surface area contributed by atoms with E-state index in [1.807, 2.05) is 54.6 Å². The number of hydrogen-bond acceptors (Lipinski definition) is 6. The fraction of sp³-hybridized carbons (Fsp3) is 0.333. The average molecular weight is 421 g/mol. The highest BCUT2D eigenvalue weighted by Gasteiger charge is 2.37. The largest absolute Gasteiger partial charge is 0.469 e. The quantitative estimate of drug-likeness (QED) is 0.607. The monoisotopic (exact) mass is 421 g/mol. The van der Waals surface area contributed by atoms with Crippen LogP contribution in [-0.2, 0) is 20.7 Å². The molecule has 0 saturated heterocycles. The molecule has 0 aliphatic carbocycles. The number of benzene rings is 2. The number of aliphatic hydroxyl groups is 1. The summed E-state index contributed by atoms with van der Waals surface area (Å²) >= 11 is 0. The zero-order valence-corrected chi connectivity index (χ0v) is 17.7. The number of methoxy groups -OCH3 is 1. The lowest BCUT2D eigenvalue weighted by Gasteiger charge is -2.29. The van der Waals surface area contributed by atoms with Crippen LogP contribution in [0, 0.1) is 5.41 Å². The van der Waals surface area contributed by atoms with Crippen molar-refractivity contribution in [3.05, 3.63) is 71.9 Å². The highest BCUT2D eigenvalue weighted by molar-refractivity contribution is 5.93. The van der Waals surface area contributed by atoms with Gasteiger partial charge in [-0.1, -0.05) is 54.6 Å². The van der Waals surface area contributed by atoms with Crippen molar-refractivity contribution in [2.45, 2.75) is 25.8 Å². The third-order valence-corrected chi connectivity index (χ3v) is 5.38. The lowest BCUT2D eigenvalue weighted by molar-refractivity contribution is -0.155. The van der Waals surface area contributed by atoms with E-state index in [1.165, 1.54) is 7.11 Å². The van der Waals surface area contributed by atoms with E-state index >= 15 is 0 Å². The molecule has 0 saturated carbocycles. The van der Waals surface area contributed by atoms with Crippen LogP contribution in [0.1, 0.15) is 18.9 Å². The molecular weight excluding hydrogens is 394 g/mol. The topological polar surface area (TPSA) is 100 Å². The molecule has 2 atom stereocenters. The Bertz CT molecular complexity index is 970. The number of ether oxygens (including phenoxy) is 1. The van der Waals surface area contributed by atoms with E-state index in [0.717, 1.165) is 16.7 Å². The lowest BCUT2D eigenvalue weighted by atomic mass is 9.82. The molecule has 7 nitrogen and oxygen atoms in total. The molecule has 3 rings (SSSR count). The van der Waals surface area contributed by atoms with Gasteiger partial charge in [0.05, 0.1) is 25.7 Å². The van der Waals surface area contributed by atoms with Crippen molar-refractivity contribution < 1.29 is 19.4 Å². The summed E-state index contributed by atoms with van der Waals surface area (Å²) in [6.07, 6.45) is 2.34. The van der Waals surface area contributed by atoms with Crippen LogP contribution in [0.25, 0.3) is 11.1 Å². The zero-order chi connectivity index (χ0) is 22.3. The predicted molar refractivity (Wildman–Crippen MR) is 117 cm³/mol. The van der Waals surface area contributed by atoms with Crippen molar-refractivity contribution in [3.63, 3.8) is 0 Å². The van der Waals surface area contributed by atoms with Gasteiger partial charge in [0.15, 0.2) is 0 Å². The third-order valence-electron chi connectivity index (χ3n) is 5.38. The maximum absolute atomic E-state index is 12.6. The van der Waals surface area contributed by atoms with Crippen LogP contribution >= 0.6 is 0 Å². The Morgan fingerprint density at radius 1 is 1.13 bits per heavy atom. The zero-order valence-electron chi connectivity index (χ0n) is 17.7. The van der Waals surface area contributed by atoms with Gasteiger partial charge in [-0.2, -0.15) is 10.2 Å². The van der Waals surface area contributed by atoms with E-state index in [2.05, 4.69) is 15.5 Å². The first-order valence-electron chi connectivity index (χ1n) is 10.2. The van der Waals surface area contributed by atoms with Gasteiger partial charge in [-0.25, -0.2) is 0 Å². The molecule has 1 aliphatic heterocycles. The van der Waals surface area contributed by atoms with Crippen LogP contribution in [0.2, 0.25) is 0 Å². The molecule has 0 radical (unpaired) electrons. The molecule has 0 spiro atoms. The second kappa shape index (κ2) is 10.1. The molecule has 2 aromatic carbocycles. The molecule has 2 N–H and O–H groups in total. The van der Waals surface area contributed by atoms with Gasteiger partial charge in [0, 0.05) is 6.04 Å². The summed E-state index contributed by atoms with van der Waals surface area (Å²) in [5.41, 5.74) is 2.33. The molecule has 0 aromatic heterocycles. The van der Waals surface area contributed by atoms with Gasteiger partial charge in [-0.05, 0) is 42.5 Å². The van der Waals surface area contributed by atoms with Crippen LogP contribution in [0.5, 0.6) is 0 Å². The molecule has 1 heterocycles. The third kappa shape index (κ3) is 5.64. The van der Waals surface area contributed by atoms with Gasteiger partial charge in [0.25, 0.3) is 5.91 Å². The number of carbonyl (C=O) groups excluding carboxylic acids is 2. The van der Waals surface area contributed by atoms with Crippen LogP contribution in [0.4, 0.5) is 0 Å². The van der Waals surface area contributed by atoms with Gasteiger partial charge < -0.3 is 15.2 Å². The second-order valence-corrected chi connectivity index (χ2v) is 7.87. The van der Waals surface area contributed by atoms with Crippen molar-refractivity contribution in [2.24, 2.45) is 15.6 Å². The Morgan fingerprint density at radius 2 is 1.81 bits per heavy atom. The fourth-order valence-electron chi connectivity index (χ4n) is 3.61. The molecule has 0 fully saturated rings. The minimum Gasteiger partial charge on any atom is -0.469 e. The van der Waals surface area contributed by atoms with Gasteiger partial charge in [-0.3, -0.25) is 9.59 Å². The number of esters is 1. The number of aliphatic hydroxyl groups excluding tert-OH is 1. The maximum Gasteiger partial charge on any atom is 0.313 e. The van der Waals surface area contributed by atoms with Crippen molar-refractivity contribution in [2.75, 3.05) is 20.3 Å². The lowest BCUT2D eigenvalue weighted by Crippen LogP contribution is -2.44. The van der Waals surface area contributed by atoms with E-state index in [9.17, 15) is 14.7 Å². The van der Waals surface area contributed by atoms with Crippen molar-refractivity contribution >= 4 is 11.9 Å². The Morgan fingerprint density at radius 3 is 2.39 bits per heavy atom. The van der Waals surface area contributed by atoms with Gasteiger partial charge in [0.1, 0.15) is 5.70 Å². The standard InChI is InChI=1S/C24H27N3O4/c1-24(16-28,23(30)31-2)15-20(26-22(29)21-12-13-25-27-21)14-17-8-10-19(11-9-17)18-6-4-3-5-7-18/h3-12,20,28H,13-16H2,1-2H3,(H,26,29)/t20-,24+/m1/s1. The minimum atomic E-state index is -1.14. The summed E-state index contributed by atoms with van der Waals surface area (Å²) in [5, 5.41) is 20.4. The Hall–Kier alpha value is -3.32. The van der Waals surface area contributed by atoms with Crippen molar-refractivity contribution in [3.8, 4) is 11.1 Å². The average Bonchev–Trinajstić information content (AvgIpc) is 3.34. The first-order chi connectivity index (χ1) is 14.9. The highest BCUT2D eigenvalue weighted by Crippen LogP contribution is 2.27. The van der Waals surface area contributed by atoms with Crippen LogP contribution in [0.3, 0.4) is 0 Å². The molecule has 7 heteroatoms. The summed E-state index contributed by atoms with van der Waals surface area (Å²) < 4.78 is 4.87. The van der Waals surface area contributed by atoms with Gasteiger partial charge in [0.2, 0.25) is 0 Å². The Labute approximate surface area is 181 Å². The van der Waals surface area contributed by atoms with E-state index in [0.29, 0.717) is 13.0 Å². The molecular formula is C24H27N3O4. The number of carbonyl (C=O) groups is 2. The smallest absolute Gasteiger partial charge is 0.313 e. The molecule has 2 aromatic rings. The maximum atomic E-state index is 12.6. The Balaban J connectivity index is 1.79. The fourth-order valence-corrected chi connectivity index (χ4v) is 3.61. The first-order valence-corrected chi connectivity index (χ1v) is 10.2. The van der Waals surface area contributed by atoms with E-state index < -0.39 is 17.4 Å². The molecule has 0 bridgehead atoms. The molecule has 162 valence electrons. The SMILES string of the molecule is COC(=O)[C@](C)(CO)C[C@@H](Cc1ccc(-c2ccccc2)cc1)NC(=O)C1=CCN=N1. The number of nitrogens with one attached hydrogen (secondary N) is 1. The normalized spacial score (nSPS) is 15.6. The summed E-state index contributed by atoms with van der Waals surface area (Å²) in [7, 11) is 1.29. The number of rotatable bonds is 9. The summed E-state index contributed by atoms with van der Waals surface area (Å²) in [6, 6.07) is 17.7. The molecule has 1 aliphatic rings. The number of hydrogen-bond donors (Lipinski definition) is 2. The molecule has 31 heavy (non-hydrogen) atoms. The predicted octanol–water partition coefficient (Wildman–Crippen LogP) is 3.29. The van der Waals surface area contributed by atoms with Gasteiger partial charge >= 0.3 is 5.97 Å². The summed E-state index contributed by atoms with van der Waals surface area (Å²) in [5.74, 6) is -0.870. The van der Waals surface area contributed by atoms with Crippen LogP contribution in [-0.4, -0.2) is 43.3 Å². The highest BCUT2D eigenvalue weighted by atomic mass is 16.5. The van der Waals surface area contributed by atoms with E-state index in [-0.39, 0.29) is 24.6 Å². The Kier molecular flexibility index (Phi) is 7.31. The number of azo groups is 1. The van der Waals surface area contributed by atoms with Crippen LogP contribution in [0.15, 0.2) is 76.6 Å². The summed E-state index contributed by atoms with van der Waals surface area (Å²) in [6.45, 7) is 1.62. The molecule has 0 unspecified atom stereocenters. The van der Waals surface area contributed by atoms with E-state index in [4.69, 9.17) is 4.74 Å². The minimum absolute atomic E-state index is 0.215. The number of nitrogens with zero attached hydrogens (tertiary/aromatic N) is 2. The van der Waals surface area contributed by atoms with Crippen molar-refractivity contribution in [1.82, 2.24) is 5.32 Å².